The van der Waals surface area contributed by atoms with Gasteiger partial charge in [-0.15, -0.1) is 10.2 Å². The maximum absolute atomic E-state index is 12.2. The van der Waals surface area contributed by atoms with Crippen molar-refractivity contribution >= 4 is 11.8 Å². The van der Waals surface area contributed by atoms with Gasteiger partial charge in [-0.25, -0.2) is 4.79 Å². The molecular formula is C26H30N4O3. The van der Waals surface area contributed by atoms with Crippen molar-refractivity contribution in [3.05, 3.63) is 71.9 Å². The van der Waals surface area contributed by atoms with Crippen LogP contribution in [0.1, 0.15) is 36.8 Å². The average molecular weight is 447 g/mol. The third kappa shape index (κ3) is 5.87. The minimum atomic E-state index is -0.562. The standard InChI is InChI=1S/C26H30N4O3/c1-26(2,3)33-25(32)23-11-12-24(28-27-23)30-15-13-29(14-16-30)18-20-7-4-5-10-22(20)19-8-6-9-21(31)17-19/h4-12,17,31H,13-16,18H2,1-3H3. The fourth-order valence-electron chi connectivity index (χ4n) is 3.92. The third-order valence-corrected chi connectivity index (χ3v) is 5.52. The highest BCUT2D eigenvalue weighted by Gasteiger charge is 2.22. The van der Waals surface area contributed by atoms with Gasteiger partial charge in [0.15, 0.2) is 11.5 Å². The number of phenols is 1. The highest BCUT2D eigenvalue weighted by Crippen LogP contribution is 2.28. The number of hydrogen-bond acceptors (Lipinski definition) is 7. The first-order valence-electron chi connectivity index (χ1n) is 11.2. The number of ether oxygens (including phenoxy) is 1. The lowest BCUT2D eigenvalue weighted by Gasteiger charge is -2.35. The van der Waals surface area contributed by atoms with E-state index in [2.05, 4.69) is 38.2 Å². The Labute approximate surface area is 194 Å². The Morgan fingerprint density at radius 3 is 2.39 bits per heavy atom. The van der Waals surface area contributed by atoms with Crippen LogP contribution in [0, 0.1) is 0 Å². The van der Waals surface area contributed by atoms with Gasteiger partial charge in [0.25, 0.3) is 0 Å². The normalized spacial score (nSPS) is 14.8. The molecule has 7 heteroatoms. The van der Waals surface area contributed by atoms with Crippen LogP contribution in [0.4, 0.5) is 5.82 Å². The Hall–Kier alpha value is -3.45. The average Bonchev–Trinajstić information content (AvgIpc) is 2.79. The number of carbonyl (C=O) groups is 1. The van der Waals surface area contributed by atoms with Crippen molar-refractivity contribution in [1.29, 1.82) is 0 Å². The Bertz CT molecular complexity index is 1100. The number of anilines is 1. The second kappa shape index (κ2) is 9.58. The quantitative estimate of drug-likeness (QED) is 0.591. The summed E-state index contributed by atoms with van der Waals surface area (Å²) in [7, 11) is 0. The smallest absolute Gasteiger partial charge is 0.359 e. The van der Waals surface area contributed by atoms with Crippen molar-refractivity contribution in [3.63, 3.8) is 0 Å². The largest absolute Gasteiger partial charge is 0.508 e. The summed E-state index contributed by atoms with van der Waals surface area (Å²) in [5.41, 5.74) is 3.05. The van der Waals surface area contributed by atoms with Crippen LogP contribution in [0.15, 0.2) is 60.7 Å². The van der Waals surface area contributed by atoms with E-state index >= 15 is 0 Å². The van der Waals surface area contributed by atoms with Crippen LogP contribution in [0.5, 0.6) is 5.75 Å². The minimum Gasteiger partial charge on any atom is -0.508 e. The SMILES string of the molecule is CC(C)(C)OC(=O)c1ccc(N2CCN(Cc3ccccc3-c3cccc(O)c3)CC2)nn1. The van der Waals surface area contributed by atoms with E-state index in [4.69, 9.17) is 4.74 Å². The predicted molar refractivity (Wildman–Crippen MR) is 128 cm³/mol. The zero-order chi connectivity index (χ0) is 23.4. The second-order valence-corrected chi connectivity index (χ2v) is 9.25. The van der Waals surface area contributed by atoms with Crippen LogP contribution < -0.4 is 4.90 Å². The van der Waals surface area contributed by atoms with Crippen molar-refractivity contribution in [2.75, 3.05) is 31.1 Å². The maximum Gasteiger partial charge on any atom is 0.359 e. The molecule has 2 heterocycles. The van der Waals surface area contributed by atoms with Crippen LogP contribution in [0.3, 0.4) is 0 Å². The van der Waals surface area contributed by atoms with E-state index < -0.39 is 11.6 Å². The molecule has 4 rings (SSSR count). The molecule has 2 aromatic carbocycles. The Balaban J connectivity index is 1.37. The summed E-state index contributed by atoms with van der Waals surface area (Å²) in [6, 6.07) is 19.2. The monoisotopic (exact) mass is 446 g/mol. The van der Waals surface area contributed by atoms with E-state index in [9.17, 15) is 9.90 Å². The van der Waals surface area contributed by atoms with Gasteiger partial charge in [-0.2, -0.15) is 0 Å². The lowest BCUT2D eigenvalue weighted by molar-refractivity contribution is 0.00616. The molecule has 7 nitrogen and oxygen atoms in total. The Morgan fingerprint density at radius 1 is 0.970 bits per heavy atom. The van der Waals surface area contributed by atoms with E-state index in [1.165, 1.54) is 5.56 Å². The third-order valence-electron chi connectivity index (χ3n) is 5.52. The molecule has 0 amide bonds. The first-order valence-corrected chi connectivity index (χ1v) is 11.2. The Morgan fingerprint density at radius 2 is 1.73 bits per heavy atom. The molecule has 0 unspecified atom stereocenters. The molecule has 1 aliphatic rings. The van der Waals surface area contributed by atoms with Crippen molar-refractivity contribution in [1.82, 2.24) is 15.1 Å². The van der Waals surface area contributed by atoms with Crippen molar-refractivity contribution in [3.8, 4) is 16.9 Å². The molecule has 1 aromatic heterocycles. The molecule has 0 atom stereocenters. The molecular weight excluding hydrogens is 416 g/mol. The molecule has 1 saturated heterocycles. The fourth-order valence-corrected chi connectivity index (χ4v) is 3.92. The summed E-state index contributed by atoms with van der Waals surface area (Å²) >= 11 is 0. The van der Waals surface area contributed by atoms with E-state index in [-0.39, 0.29) is 11.4 Å². The van der Waals surface area contributed by atoms with Gasteiger partial charge in [0.2, 0.25) is 0 Å². The minimum absolute atomic E-state index is 0.218. The van der Waals surface area contributed by atoms with Gasteiger partial charge in [0.05, 0.1) is 0 Å². The summed E-state index contributed by atoms with van der Waals surface area (Å²) in [5.74, 6) is 0.577. The van der Waals surface area contributed by atoms with Gasteiger partial charge in [0.1, 0.15) is 11.4 Å². The van der Waals surface area contributed by atoms with Crippen molar-refractivity contribution in [2.24, 2.45) is 0 Å². The molecule has 172 valence electrons. The summed E-state index contributed by atoms with van der Waals surface area (Å²) in [5, 5.41) is 18.2. The van der Waals surface area contributed by atoms with E-state index in [0.717, 1.165) is 49.7 Å². The number of benzene rings is 2. The first kappa shape index (κ1) is 22.7. The van der Waals surface area contributed by atoms with Crippen LogP contribution in [-0.2, 0) is 11.3 Å². The maximum atomic E-state index is 12.2. The van der Waals surface area contributed by atoms with Crippen molar-refractivity contribution < 1.29 is 14.6 Å². The van der Waals surface area contributed by atoms with Crippen molar-refractivity contribution in [2.45, 2.75) is 32.9 Å². The first-order chi connectivity index (χ1) is 15.8. The number of piperazine rings is 1. The lowest BCUT2D eigenvalue weighted by Crippen LogP contribution is -2.46. The van der Waals surface area contributed by atoms with E-state index in [1.54, 1.807) is 18.2 Å². The highest BCUT2D eigenvalue weighted by atomic mass is 16.6. The molecule has 0 radical (unpaired) electrons. The zero-order valence-electron chi connectivity index (χ0n) is 19.4. The highest BCUT2D eigenvalue weighted by molar-refractivity contribution is 5.87. The summed E-state index contributed by atoms with van der Waals surface area (Å²) in [6.07, 6.45) is 0. The number of nitrogens with zero attached hydrogens (tertiary/aromatic N) is 4. The number of carbonyl (C=O) groups excluding carboxylic acids is 1. The number of esters is 1. The molecule has 1 N–H and O–H groups in total. The topological polar surface area (TPSA) is 78.8 Å². The summed E-state index contributed by atoms with van der Waals surface area (Å²) in [4.78, 5) is 16.8. The second-order valence-electron chi connectivity index (χ2n) is 9.25. The number of hydrogen-bond donors (Lipinski definition) is 1. The summed E-state index contributed by atoms with van der Waals surface area (Å²) in [6.45, 7) is 9.76. The Kier molecular flexibility index (Phi) is 6.60. The fraction of sp³-hybridized carbons (Fsp3) is 0.346. The molecule has 33 heavy (non-hydrogen) atoms. The molecule has 0 spiro atoms. The van der Waals surface area contributed by atoms with Gasteiger partial charge in [-0.3, -0.25) is 4.90 Å². The number of aromatic hydroxyl groups is 1. The molecule has 1 aliphatic heterocycles. The molecule has 0 aliphatic carbocycles. The van der Waals surface area contributed by atoms with Gasteiger partial charge in [0, 0.05) is 32.7 Å². The van der Waals surface area contributed by atoms with E-state index in [1.807, 2.05) is 45.0 Å². The van der Waals surface area contributed by atoms with Gasteiger partial charge >= 0.3 is 5.97 Å². The molecule has 0 bridgehead atoms. The zero-order valence-corrected chi connectivity index (χ0v) is 19.4. The number of aromatic nitrogens is 2. The predicted octanol–water partition coefficient (Wildman–Crippen LogP) is 4.13. The molecule has 0 saturated carbocycles. The molecule has 1 fully saturated rings. The van der Waals surface area contributed by atoms with Crippen LogP contribution >= 0.6 is 0 Å². The number of phenolic OH excluding ortho intramolecular Hbond substituents is 1. The molecule has 3 aromatic rings. The lowest BCUT2D eigenvalue weighted by atomic mass is 9.99. The van der Waals surface area contributed by atoms with Crippen LogP contribution in [-0.4, -0.2) is 58.0 Å². The van der Waals surface area contributed by atoms with Crippen LogP contribution in [0.2, 0.25) is 0 Å². The van der Waals surface area contributed by atoms with Crippen LogP contribution in [0.25, 0.3) is 11.1 Å². The van der Waals surface area contributed by atoms with Gasteiger partial charge in [-0.05, 0) is 61.7 Å². The summed E-state index contributed by atoms with van der Waals surface area (Å²) < 4.78 is 5.35. The van der Waals surface area contributed by atoms with E-state index in [0.29, 0.717) is 0 Å². The van der Waals surface area contributed by atoms with Gasteiger partial charge in [-0.1, -0.05) is 36.4 Å². The van der Waals surface area contributed by atoms with Gasteiger partial charge < -0.3 is 14.7 Å². The number of rotatable bonds is 5.